The van der Waals surface area contributed by atoms with E-state index >= 15 is 0 Å². The highest BCUT2D eigenvalue weighted by atomic mass is 16.5. The fourth-order valence-corrected chi connectivity index (χ4v) is 4.41. The van der Waals surface area contributed by atoms with Gasteiger partial charge in [-0.2, -0.15) is 0 Å². The predicted molar refractivity (Wildman–Crippen MR) is 115 cm³/mol. The Hall–Kier alpha value is -2.11. The Morgan fingerprint density at radius 2 is 1.76 bits per heavy atom. The van der Waals surface area contributed by atoms with Crippen molar-refractivity contribution < 1.29 is 9.53 Å². The molecule has 1 unspecified atom stereocenters. The van der Waals surface area contributed by atoms with Gasteiger partial charge in [-0.05, 0) is 35.1 Å². The molecular formula is C24H33N3O2. The second-order valence-electron chi connectivity index (χ2n) is 9.23. The fraction of sp³-hybridized carbons (Fsp3) is 0.542. The first-order valence-electron chi connectivity index (χ1n) is 10.8. The van der Waals surface area contributed by atoms with Crippen LogP contribution in [-0.4, -0.2) is 59.7 Å². The van der Waals surface area contributed by atoms with E-state index in [2.05, 4.69) is 77.7 Å². The molecule has 0 aliphatic carbocycles. The molecule has 1 fully saturated rings. The summed E-state index contributed by atoms with van der Waals surface area (Å²) in [7, 11) is 0. The van der Waals surface area contributed by atoms with E-state index in [1.807, 2.05) is 0 Å². The quantitative estimate of drug-likeness (QED) is 0.799. The minimum absolute atomic E-state index is 0.0324. The third kappa shape index (κ3) is 4.41. The van der Waals surface area contributed by atoms with Crippen molar-refractivity contribution in [3.05, 3.63) is 59.4 Å². The summed E-state index contributed by atoms with van der Waals surface area (Å²) in [6.07, 6.45) is 3.12. The van der Waals surface area contributed by atoms with Gasteiger partial charge in [-0.1, -0.05) is 45.0 Å². The third-order valence-corrected chi connectivity index (χ3v) is 6.13. The number of aryl methyl sites for hydroxylation is 1. The lowest BCUT2D eigenvalue weighted by Crippen LogP contribution is -2.46. The average molecular weight is 396 g/mol. The van der Waals surface area contributed by atoms with Crippen molar-refractivity contribution in [2.24, 2.45) is 0 Å². The Balaban J connectivity index is 1.64. The number of benzene rings is 1. The molecule has 2 aliphatic heterocycles. The van der Waals surface area contributed by atoms with E-state index < -0.39 is 0 Å². The van der Waals surface area contributed by atoms with Gasteiger partial charge in [0.25, 0.3) is 0 Å². The van der Waals surface area contributed by atoms with Gasteiger partial charge in [0, 0.05) is 38.1 Å². The van der Waals surface area contributed by atoms with Gasteiger partial charge in [-0.15, -0.1) is 0 Å². The summed E-state index contributed by atoms with van der Waals surface area (Å²) in [5, 5.41) is 0. The van der Waals surface area contributed by atoms with Gasteiger partial charge in [-0.25, -0.2) is 0 Å². The zero-order valence-corrected chi connectivity index (χ0v) is 17.9. The third-order valence-electron chi connectivity index (χ3n) is 6.13. The second-order valence-corrected chi connectivity index (χ2v) is 9.23. The van der Waals surface area contributed by atoms with E-state index in [9.17, 15) is 4.79 Å². The van der Waals surface area contributed by atoms with E-state index in [-0.39, 0.29) is 17.4 Å². The highest BCUT2D eigenvalue weighted by Gasteiger charge is 2.31. The SMILES string of the molecule is CC(C)(C)c1ccc(C2c3cccn3CCCN2C(=O)CN2CCOCC2)cc1. The van der Waals surface area contributed by atoms with Crippen molar-refractivity contribution in [2.75, 3.05) is 39.4 Å². The molecule has 5 heteroatoms. The fourth-order valence-electron chi connectivity index (χ4n) is 4.41. The molecule has 5 nitrogen and oxygen atoms in total. The molecule has 0 N–H and O–H groups in total. The van der Waals surface area contributed by atoms with Crippen LogP contribution in [0.15, 0.2) is 42.6 Å². The number of aromatic nitrogens is 1. The number of rotatable bonds is 3. The van der Waals surface area contributed by atoms with E-state index in [0.29, 0.717) is 19.8 Å². The van der Waals surface area contributed by atoms with Crippen molar-refractivity contribution in [1.82, 2.24) is 14.4 Å². The number of carbonyl (C=O) groups is 1. The highest BCUT2D eigenvalue weighted by Crippen LogP contribution is 2.33. The second kappa shape index (κ2) is 8.33. The molecule has 0 radical (unpaired) electrons. The van der Waals surface area contributed by atoms with Gasteiger partial charge in [0.05, 0.1) is 25.8 Å². The minimum Gasteiger partial charge on any atom is -0.379 e. The van der Waals surface area contributed by atoms with Gasteiger partial charge in [0.1, 0.15) is 0 Å². The molecule has 0 spiro atoms. The molecule has 1 aromatic heterocycles. The summed E-state index contributed by atoms with van der Waals surface area (Å²) in [4.78, 5) is 17.7. The molecule has 2 aliphatic rings. The summed E-state index contributed by atoms with van der Waals surface area (Å²) < 4.78 is 7.75. The molecule has 1 amide bonds. The molecule has 1 atom stereocenters. The maximum Gasteiger partial charge on any atom is 0.237 e. The van der Waals surface area contributed by atoms with E-state index in [1.54, 1.807) is 0 Å². The zero-order chi connectivity index (χ0) is 20.4. The lowest BCUT2D eigenvalue weighted by atomic mass is 9.86. The maximum absolute atomic E-state index is 13.4. The number of ether oxygens (including phenoxy) is 1. The molecule has 156 valence electrons. The van der Waals surface area contributed by atoms with Crippen LogP contribution in [0.1, 0.15) is 50.1 Å². The van der Waals surface area contributed by atoms with Crippen LogP contribution in [0.3, 0.4) is 0 Å². The van der Waals surface area contributed by atoms with Crippen LogP contribution >= 0.6 is 0 Å². The molecule has 1 aromatic carbocycles. The van der Waals surface area contributed by atoms with Crippen LogP contribution in [-0.2, 0) is 21.5 Å². The van der Waals surface area contributed by atoms with Crippen molar-refractivity contribution in [2.45, 2.75) is 45.2 Å². The van der Waals surface area contributed by atoms with Crippen LogP contribution in [0, 0.1) is 0 Å². The van der Waals surface area contributed by atoms with Crippen molar-refractivity contribution in [3.63, 3.8) is 0 Å². The van der Waals surface area contributed by atoms with E-state index in [1.165, 1.54) is 16.8 Å². The van der Waals surface area contributed by atoms with Gasteiger partial charge in [0.2, 0.25) is 5.91 Å². The standard InChI is InChI=1S/C24H33N3O2/c1-24(2,3)20-9-7-19(8-10-20)23-21-6-4-11-26(21)12-5-13-27(23)22(28)18-25-14-16-29-17-15-25/h4,6-11,23H,5,12-18H2,1-3H3. The Morgan fingerprint density at radius 1 is 1.03 bits per heavy atom. The number of nitrogens with zero attached hydrogens (tertiary/aromatic N) is 3. The van der Waals surface area contributed by atoms with E-state index in [4.69, 9.17) is 4.74 Å². The Bertz CT molecular complexity index is 829. The molecule has 0 saturated carbocycles. The summed E-state index contributed by atoms with van der Waals surface area (Å²) in [6, 6.07) is 13.1. The van der Waals surface area contributed by atoms with Crippen LogP contribution in [0.5, 0.6) is 0 Å². The lowest BCUT2D eigenvalue weighted by molar-refractivity contribution is -0.135. The van der Waals surface area contributed by atoms with Gasteiger partial charge in [0.15, 0.2) is 0 Å². The lowest BCUT2D eigenvalue weighted by Gasteiger charge is -2.34. The van der Waals surface area contributed by atoms with Crippen molar-refractivity contribution in [1.29, 1.82) is 0 Å². The number of carbonyl (C=O) groups excluding carboxylic acids is 1. The monoisotopic (exact) mass is 395 g/mol. The highest BCUT2D eigenvalue weighted by molar-refractivity contribution is 5.79. The number of hydrogen-bond acceptors (Lipinski definition) is 3. The summed E-state index contributed by atoms with van der Waals surface area (Å²) >= 11 is 0. The van der Waals surface area contributed by atoms with Gasteiger partial charge >= 0.3 is 0 Å². The number of morpholine rings is 1. The Morgan fingerprint density at radius 3 is 2.45 bits per heavy atom. The van der Waals surface area contributed by atoms with Crippen LogP contribution in [0.4, 0.5) is 0 Å². The first-order chi connectivity index (χ1) is 13.9. The van der Waals surface area contributed by atoms with Crippen LogP contribution in [0.25, 0.3) is 0 Å². The Kier molecular flexibility index (Phi) is 5.79. The number of amides is 1. The predicted octanol–water partition coefficient (Wildman–Crippen LogP) is 3.44. The zero-order valence-electron chi connectivity index (χ0n) is 17.9. The largest absolute Gasteiger partial charge is 0.379 e. The van der Waals surface area contributed by atoms with Crippen molar-refractivity contribution in [3.8, 4) is 0 Å². The number of fused-ring (bicyclic) bond motifs is 1. The molecule has 3 heterocycles. The van der Waals surface area contributed by atoms with Gasteiger partial charge in [-0.3, -0.25) is 9.69 Å². The topological polar surface area (TPSA) is 37.7 Å². The molecule has 0 bridgehead atoms. The maximum atomic E-state index is 13.4. The minimum atomic E-state index is -0.0324. The molecule has 1 saturated heterocycles. The smallest absolute Gasteiger partial charge is 0.237 e. The van der Waals surface area contributed by atoms with E-state index in [0.717, 1.165) is 32.6 Å². The van der Waals surface area contributed by atoms with Gasteiger partial charge < -0.3 is 14.2 Å². The summed E-state index contributed by atoms with van der Waals surface area (Å²) in [6.45, 7) is 12.0. The van der Waals surface area contributed by atoms with Crippen molar-refractivity contribution >= 4 is 5.91 Å². The molecule has 2 aromatic rings. The Labute approximate surface area is 174 Å². The molecule has 4 rings (SSSR count). The first-order valence-corrected chi connectivity index (χ1v) is 10.8. The first kappa shape index (κ1) is 20.2. The number of hydrogen-bond donors (Lipinski definition) is 0. The summed E-state index contributed by atoms with van der Waals surface area (Å²) in [5.41, 5.74) is 3.83. The summed E-state index contributed by atoms with van der Waals surface area (Å²) in [5.74, 6) is 0.214. The average Bonchev–Trinajstić information content (AvgIpc) is 3.08. The van der Waals surface area contributed by atoms with Crippen LogP contribution < -0.4 is 0 Å². The normalized spacial score (nSPS) is 20.9. The van der Waals surface area contributed by atoms with Crippen LogP contribution in [0.2, 0.25) is 0 Å². The molecule has 29 heavy (non-hydrogen) atoms. The molecular weight excluding hydrogens is 362 g/mol.